The molecule has 1 aliphatic heterocycles. The maximum Gasteiger partial charge on any atom is 0.264 e. The standard InChI is InChI=1S/C24H15ClN2O2S/c25-17-8-3-7-16(13-17)21-12-11-18(29-21)14-22-23(28)27-24(30-22)26-20-10-4-6-15-5-1-2-9-19(15)20/h1-14H,(H,26,27,28)/b22-14+. The molecule has 0 atom stereocenters. The van der Waals surface area contributed by atoms with Crippen molar-refractivity contribution in [2.75, 3.05) is 0 Å². The van der Waals surface area contributed by atoms with Crippen LogP contribution < -0.4 is 5.32 Å². The number of nitrogens with zero attached hydrogens (tertiary/aromatic N) is 1. The largest absolute Gasteiger partial charge is 0.457 e. The molecule has 4 aromatic rings. The second kappa shape index (κ2) is 7.86. The Labute approximate surface area is 182 Å². The molecule has 1 saturated heterocycles. The lowest BCUT2D eigenvalue weighted by Gasteiger charge is -2.02. The fourth-order valence-corrected chi connectivity index (χ4v) is 4.26. The molecular weight excluding hydrogens is 416 g/mol. The average Bonchev–Trinajstić information content (AvgIpc) is 3.35. The molecule has 0 spiro atoms. The molecule has 0 bridgehead atoms. The van der Waals surface area contributed by atoms with Crippen LogP contribution in [0.25, 0.3) is 28.2 Å². The molecular formula is C24H15ClN2O2S. The Bertz CT molecular complexity index is 1330. The Hall–Kier alpha value is -3.28. The number of rotatable bonds is 3. The van der Waals surface area contributed by atoms with Gasteiger partial charge in [0.25, 0.3) is 5.91 Å². The van der Waals surface area contributed by atoms with Gasteiger partial charge in [-0.15, -0.1) is 0 Å². The summed E-state index contributed by atoms with van der Waals surface area (Å²) in [6.45, 7) is 0. The molecule has 2 heterocycles. The number of fused-ring (bicyclic) bond motifs is 1. The Balaban J connectivity index is 1.41. The highest BCUT2D eigenvalue weighted by molar-refractivity contribution is 8.18. The number of hydrogen-bond acceptors (Lipinski definition) is 4. The van der Waals surface area contributed by atoms with E-state index in [1.165, 1.54) is 11.8 Å². The summed E-state index contributed by atoms with van der Waals surface area (Å²) in [4.78, 5) is 17.6. The van der Waals surface area contributed by atoms with Crippen molar-refractivity contribution in [1.82, 2.24) is 5.32 Å². The van der Waals surface area contributed by atoms with E-state index in [9.17, 15) is 4.79 Å². The van der Waals surface area contributed by atoms with E-state index in [-0.39, 0.29) is 5.91 Å². The van der Waals surface area contributed by atoms with E-state index in [0.717, 1.165) is 22.0 Å². The number of nitrogens with one attached hydrogen (secondary N) is 1. The summed E-state index contributed by atoms with van der Waals surface area (Å²) in [7, 11) is 0. The molecule has 1 N–H and O–H groups in total. The number of thioether (sulfide) groups is 1. The third-order valence-electron chi connectivity index (χ3n) is 4.65. The first kappa shape index (κ1) is 18.7. The maximum atomic E-state index is 12.4. The van der Waals surface area contributed by atoms with Crippen molar-refractivity contribution in [3.05, 3.63) is 94.6 Å². The van der Waals surface area contributed by atoms with Gasteiger partial charge in [-0.3, -0.25) is 4.79 Å². The van der Waals surface area contributed by atoms with Crippen molar-refractivity contribution in [2.24, 2.45) is 4.99 Å². The molecule has 5 rings (SSSR count). The van der Waals surface area contributed by atoms with Crippen LogP contribution in [0.5, 0.6) is 0 Å². The number of furan rings is 1. The summed E-state index contributed by atoms with van der Waals surface area (Å²) in [6, 6.07) is 25.1. The molecule has 1 aliphatic rings. The van der Waals surface area contributed by atoms with Gasteiger partial charge in [0.2, 0.25) is 0 Å². The van der Waals surface area contributed by atoms with Crippen LogP contribution in [-0.4, -0.2) is 11.1 Å². The Morgan fingerprint density at radius 2 is 1.80 bits per heavy atom. The van der Waals surface area contributed by atoms with Crippen LogP contribution in [0, 0.1) is 0 Å². The Morgan fingerprint density at radius 1 is 0.967 bits per heavy atom. The van der Waals surface area contributed by atoms with Gasteiger partial charge in [0.1, 0.15) is 11.5 Å². The predicted octanol–water partition coefficient (Wildman–Crippen LogP) is 6.64. The number of aliphatic imine (C=N–C) groups is 1. The van der Waals surface area contributed by atoms with Crippen LogP contribution in [0.1, 0.15) is 5.76 Å². The van der Waals surface area contributed by atoms with E-state index < -0.39 is 0 Å². The van der Waals surface area contributed by atoms with E-state index in [2.05, 4.69) is 10.3 Å². The Kier molecular flexibility index (Phi) is 4.91. The summed E-state index contributed by atoms with van der Waals surface area (Å²) in [6.07, 6.45) is 1.72. The number of hydrogen-bond donors (Lipinski definition) is 1. The third-order valence-corrected chi connectivity index (χ3v) is 5.79. The van der Waals surface area contributed by atoms with Gasteiger partial charge in [0.05, 0.1) is 10.6 Å². The SMILES string of the molecule is O=C1NC(=Nc2cccc3ccccc23)S/C1=C/c1ccc(-c2cccc(Cl)c2)o1. The molecule has 1 aromatic heterocycles. The van der Waals surface area contributed by atoms with Crippen LogP contribution in [0.4, 0.5) is 5.69 Å². The fraction of sp³-hybridized carbons (Fsp3) is 0. The summed E-state index contributed by atoms with van der Waals surface area (Å²) in [5, 5.41) is 6.16. The lowest BCUT2D eigenvalue weighted by Crippen LogP contribution is -2.19. The molecule has 0 radical (unpaired) electrons. The highest BCUT2D eigenvalue weighted by atomic mass is 35.5. The number of halogens is 1. The topological polar surface area (TPSA) is 54.6 Å². The van der Waals surface area contributed by atoms with Crippen molar-refractivity contribution in [2.45, 2.75) is 0 Å². The van der Waals surface area contributed by atoms with E-state index >= 15 is 0 Å². The van der Waals surface area contributed by atoms with Gasteiger partial charge in [-0.2, -0.15) is 0 Å². The molecule has 1 amide bonds. The lowest BCUT2D eigenvalue weighted by molar-refractivity contribution is -0.115. The molecule has 0 unspecified atom stereocenters. The van der Waals surface area contributed by atoms with Crippen molar-refractivity contribution >= 4 is 57.0 Å². The number of carbonyl (C=O) groups excluding carboxylic acids is 1. The normalized spacial score (nSPS) is 16.5. The molecule has 1 fully saturated rings. The molecule has 30 heavy (non-hydrogen) atoms. The van der Waals surface area contributed by atoms with E-state index in [4.69, 9.17) is 16.0 Å². The molecule has 3 aromatic carbocycles. The molecule has 6 heteroatoms. The maximum absolute atomic E-state index is 12.4. The van der Waals surface area contributed by atoms with Crippen molar-refractivity contribution < 1.29 is 9.21 Å². The zero-order valence-corrected chi connectivity index (χ0v) is 17.2. The molecule has 146 valence electrons. The first-order chi connectivity index (χ1) is 14.7. The first-order valence-electron chi connectivity index (χ1n) is 9.29. The fourth-order valence-electron chi connectivity index (χ4n) is 3.25. The smallest absolute Gasteiger partial charge is 0.264 e. The molecule has 0 saturated carbocycles. The van der Waals surface area contributed by atoms with Gasteiger partial charge in [-0.25, -0.2) is 4.99 Å². The summed E-state index contributed by atoms with van der Waals surface area (Å²) in [5.41, 5.74) is 1.70. The van der Waals surface area contributed by atoms with Crippen LogP contribution in [0.2, 0.25) is 5.02 Å². The summed E-state index contributed by atoms with van der Waals surface area (Å²) in [5.74, 6) is 1.09. The van der Waals surface area contributed by atoms with Crippen LogP contribution in [0.15, 0.2) is 93.2 Å². The zero-order valence-electron chi connectivity index (χ0n) is 15.6. The zero-order chi connectivity index (χ0) is 20.5. The number of benzene rings is 3. The minimum Gasteiger partial charge on any atom is -0.457 e. The van der Waals surface area contributed by atoms with Gasteiger partial charge in [-0.1, -0.05) is 60.1 Å². The monoisotopic (exact) mass is 430 g/mol. The van der Waals surface area contributed by atoms with Gasteiger partial charge in [0.15, 0.2) is 5.17 Å². The van der Waals surface area contributed by atoms with Gasteiger partial charge >= 0.3 is 0 Å². The van der Waals surface area contributed by atoms with Gasteiger partial charge in [-0.05, 0) is 47.5 Å². The lowest BCUT2D eigenvalue weighted by atomic mass is 10.1. The minimum atomic E-state index is -0.195. The van der Waals surface area contributed by atoms with Gasteiger partial charge in [0, 0.05) is 22.0 Å². The summed E-state index contributed by atoms with van der Waals surface area (Å²) < 4.78 is 5.88. The average molecular weight is 431 g/mol. The van der Waals surface area contributed by atoms with Crippen molar-refractivity contribution in [3.63, 3.8) is 0 Å². The number of amides is 1. The second-order valence-corrected chi connectivity index (χ2v) is 8.16. The predicted molar refractivity (Wildman–Crippen MR) is 124 cm³/mol. The van der Waals surface area contributed by atoms with Crippen LogP contribution >= 0.6 is 23.4 Å². The Morgan fingerprint density at radius 3 is 2.70 bits per heavy atom. The van der Waals surface area contributed by atoms with Crippen LogP contribution in [-0.2, 0) is 4.79 Å². The third kappa shape index (κ3) is 3.77. The number of carbonyl (C=O) groups is 1. The second-order valence-electron chi connectivity index (χ2n) is 6.69. The quantitative estimate of drug-likeness (QED) is 0.370. The van der Waals surface area contributed by atoms with E-state index in [0.29, 0.717) is 26.6 Å². The molecule has 0 aliphatic carbocycles. The number of amidine groups is 1. The van der Waals surface area contributed by atoms with Gasteiger partial charge < -0.3 is 9.73 Å². The van der Waals surface area contributed by atoms with E-state index in [1.807, 2.05) is 78.9 Å². The van der Waals surface area contributed by atoms with E-state index in [1.54, 1.807) is 6.08 Å². The molecule has 4 nitrogen and oxygen atoms in total. The van der Waals surface area contributed by atoms with Crippen LogP contribution in [0.3, 0.4) is 0 Å². The van der Waals surface area contributed by atoms with Crippen molar-refractivity contribution in [3.8, 4) is 11.3 Å². The summed E-state index contributed by atoms with van der Waals surface area (Å²) >= 11 is 7.35. The van der Waals surface area contributed by atoms with Crippen molar-refractivity contribution in [1.29, 1.82) is 0 Å². The highest BCUT2D eigenvalue weighted by Gasteiger charge is 2.24. The first-order valence-corrected chi connectivity index (χ1v) is 10.5. The highest BCUT2D eigenvalue weighted by Crippen LogP contribution is 2.32. The minimum absolute atomic E-state index is 0.195.